The van der Waals surface area contributed by atoms with E-state index in [9.17, 15) is 5.26 Å². The Morgan fingerprint density at radius 3 is 2.44 bits per heavy atom. The molecule has 1 saturated carbocycles. The van der Waals surface area contributed by atoms with Gasteiger partial charge in [0.1, 0.15) is 5.54 Å². The quantitative estimate of drug-likeness (QED) is 0.751. The number of anilines is 1. The summed E-state index contributed by atoms with van der Waals surface area (Å²) in [7, 11) is 0. The molecule has 0 saturated heterocycles. The molecular formula is C23H20N4. The standard InChI is InChI=1S/C23H20N4/c24-15-23(14-19(23)16-8-3-1-4-9-16)27-22-25-20-13-7-12-18(20)21(26-22)17-10-5-2-6-11-17/h1-6,8-11,19H,7,12-14H2,(H,25,26,27). The molecule has 0 radical (unpaired) electrons. The van der Waals surface area contributed by atoms with Crippen molar-refractivity contribution in [2.75, 3.05) is 5.32 Å². The smallest absolute Gasteiger partial charge is 0.224 e. The number of rotatable bonds is 4. The van der Waals surface area contributed by atoms with E-state index in [1.54, 1.807) is 0 Å². The third kappa shape index (κ3) is 2.76. The zero-order valence-corrected chi connectivity index (χ0v) is 15.0. The zero-order valence-electron chi connectivity index (χ0n) is 15.0. The van der Waals surface area contributed by atoms with E-state index in [1.165, 1.54) is 11.1 Å². The molecule has 132 valence electrons. The van der Waals surface area contributed by atoms with Crippen LogP contribution in [0.1, 0.15) is 35.6 Å². The lowest BCUT2D eigenvalue weighted by Gasteiger charge is -2.15. The van der Waals surface area contributed by atoms with Gasteiger partial charge >= 0.3 is 0 Å². The maximum atomic E-state index is 9.86. The fraction of sp³-hybridized carbons (Fsp3) is 0.261. The van der Waals surface area contributed by atoms with E-state index in [1.807, 2.05) is 36.4 Å². The van der Waals surface area contributed by atoms with E-state index in [0.29, 0.717) is 5.95 Å². The molecule has 4 nitrogen and oxygen atoms in total. The van der Waals surface area contributed by atoms with Crippen LogP contribution in [0.3, 0.4) is 0 Å². The Bertz CT molecular complexity index is 1020. The second kappa shape index (κ2) is 6.21. The Morgan fingerprint density at radius 2 is 1.70 bits per heavy atom. The summed E-state index contributed by atoms with van der Waals surface area (Å²) in [6, 6.07) is 23.0. The Labute approximate surface area is 158 Å². The van der Waals surface area contributed by atoms with Crippen LogP contribution in [0, 0.1) is 11.3 Å². The largest absolute Gasteiger partial charge is 0.335 e. The highest BCUT2D eigenvalue weighted by Crippen LogP contribution is 2.52. The van der Waals surface area contributed by atoms with Crippen LogP contribution in [0.5, 0.6) is 0 Å². The Balaban J connectivity index is 1.51. The molecule has 1 fully saturated rings. The molecule has 0 amide bonds. The van der Waals surface area contributed by atoms with Gasteiger partial charge in [-0.05, 0) is 31.2 Å². The van der Waals surface area contributed by atoms with Crippen LogP contribution in [0.25, 0.3) is 11.3 Å². The topological polar surface area (TPSA) is 61.6 Å². The van der Waals surface area contributed by atoms with Crippen LogP contribution in [0.2, 0.25) is 0 Å². The summed E-state index contributed by atoms with van der Waals surface area (Å²) in [5.41, 5.74) is 5.08. The summed E-state index contributed by atoms with van der Waals surface area (Å²) in [5, 5.41) is 13.2. The number of aromatic nitrogens is 2. The van der Waals surface area contributed by atoms with Crippen molar-refractivity contribution >= 4 is 5.95 Å². The van der Waals surface area contributed by atoms with E-state index in [-0.39, 0.29) is 5.92 Å². The lowest BCUT2D eigenvalue weighted by Crippen LogP contribution is -2.23. The van der Waals surface area contributed by atoms with E-state index in [4.69, 9.17) is 9.97 Å². The zero-order chi connectivity index (χ0) is 18.3. The Hall–Kier alpha value is -3.19. The molecule has 2 atom stereocenters. The molecule has 2 unspecified atom stereocenters. The summed E-state index contributed by atoms with van der Waals surface area (Å²) >= 11 is 0. The molecule has 1 N–H and O–H groups in total. The number of hydrogen-bond donors (Lipinski definition) is 1. The highest BCUT2D eigenvalue weighted by Gasteiger charge is 2.56. The van der Waals surface area contributed by atoms with Crippen LogP contribution >= 0.6 is 0 Å². The van der Waals surface area contributed by atoms with Gasteiger partial charge in [0.05, 0.1) is 11.8 Å². The van der Waals surface area contributed by atoms with Crippen molar-refractivity contribution in [3.8, 4) is 17.3 Å². The first-order chi connectivity index (χ1) is 13.3. The van der Waals surface area contributed by atoms with Crippen LogP contribution in [0.15, 0.2) is 60.7 Å². The Morgan fingerprint density at radius 1 is 0.963 bits per heavy atom. The molecule has 27 heavy (non-hydrogen) atoms. The molecule has 1 aromatic heterocycles. The van der Waals surface area contributed by atoms with Gasteiger partial charge in [0, 0.05) is 22.7 Å². The van der Waals surface area contributed by atoms with Crippen molar-refractivity contribution in [2.24, 2.45) is 0 Å². The van der Waals surface area contributed by atoms with Crippen molar-refractivity contribution < 1.29 is 0 Å². The molecule has 2 aliphatic carbocycles. The molecule has 4 heteroatoms. The number of aryl methyl sites for hydroxylation is 1. The molecule has 3 aromatic rings. The average molecular weight is 352 g/mol. The summed E-state index contributed by atoms with van der Waals surface area (Å²) < 4.78 is 0. The van der Waals surface area contributed by atoms with E-state index in [2.05, 4.69) is 35.7 Å². The van der Waals surface area contributed by atoms with E-state index < -0.39 is 5.54 Å². The maximum Gasteiger partial charge on any atom is 0.224 e. The number of nitrogens with one attached hydrogen (secondary N) is 1. The fourth-order valence-electron chi connectivity index (χ4n) is 4.16. The first kappa shape index (κ1) is 16.0. The van der Waals surface area contributed by atoms with Gasteiger partial charge in [-0.3, -0.25) is 0 Å². The Kier molecular flexibility index (Phi) is 3.68. The summed E-state index contributed by atoms with van der Waals surface area (Å²) in [5.74, 6) is 0.759. The second-order valence-corrected chi connectivity index (χ2v) is 7.42. The van der Waals surface area contributed by atoms with Gasteiger partial charge in [-0.2, -0.15) is 5.26 Å². The normalized spacial score (nSPS) is 22.7. The predicted molar refractivity (Wildman–Crippen MR) is 105 cm³/mol. The SMILES string of the molecule is N#CC1(Nc2nc3c(c(-c4ccccc4)n2)CCC3)CC1c1ccccc1. The number of hydrogen-bond acceptors (Lipinski definition) is 4. The number of nitrogens with zero attached hydrogens (tertiary/aromatic N) is 3. The number of nitriles is 1. The second-order valence-electron chi connectivity index (χ2n) is 7.42. The molecule has 0 spiro atoms. The van der Waals surface area contributed by atoms with Crippen LogP contribution in [-0.4, -0.2) is 15.5 Å². The van der Waals surface area contributed by atoms with Gasteiger partial charge in [0.15, 0.2) is 0 Å². The molecule has 2 aliphatic rings. The monoisotopic (exact) mass is 352 g/mol. The number of fused-ring (bicyclic) bond motifs is 1. The minimum atomic E-state index is -0.609. The van der Waals surface area contributed by atoms with Gasteiger partial charge in [0.25, 0.3) is 0 Å². The average Bonchev–Trinajstić information content (AvgIpc) is 3.24. The highest BCUT2D eigenvalue weighted by molar-refractivity contribution is 5.66. The van der Waals surface area contributed by atoms with E-state index in [0.717, 1.165) is 42.6 Å². The van der Waals surface area contributed by atoms with Crippen molar-refractivity contribution in [3.05, 3.63) is 77.5 Å². The summed E-state index contributed by atoms with van der Waals surface area (Å²) in [6.45, 7) is 0. The van der Waals surface area contributed by atoms with Crippen molar-refractivity contribution in [1.82, 2.24) is 9.97 Å². The van der Waals surface area contributed by atoms with Gasteiger partial charge in [0.2, 0.25) is 5.95 Å². The maximum absolute atomic E-state index is 9.86. The van der Waals surface area contributed by atoms with Crippen LogP contribution in [-0.2, 0) is 12.8 Å². The third-order valence-corrected chi connectivity index (χ3v) is 5.68. The molecular weight excluding hydrogens is 332 g/mol. The number of benzene rings is 2. The van der Waals surface area contributed by atoms with Crippen LogP contribution in [0.4, 0.5) is 5.95 Å². The minimum Gasteiger partial charge on any atom is -0.335 e. The molecule has 2 aromatic carbocycles. The fourth-order valence-corrected chi connectivity index (χ4v) is 4.16. The van der Waals surface area contributed by atoms with Crippen molar-refractivity contribution in [2.45, 2.75) is 37.1 Å². The minimum absolute atomic E-state index is 0.181. The third-order valence-electron chi connectivity index (χ3n) is 5.68. The first-order valence-electron chi connectivity index (χ1n) is 9.49. The van der Waals surface area contributed by atoms with Gasteiger partial charge in [-0.1, -0.05) is 60.7 Å². The van der Waals surface area contributed by atoms with E-state index >= 15 is 0 Å². The van der Waals surface area contributed by atoms with Gasteiger partial charge in [-0.15, -0.1) is 0 Å². The van der Waals surface area contributed by atoms with Crippen molar-refractivity contribution in [3.63, 3.8) is 0 Å². The molecule has 1 heterocycles. The lowest BCUT2D eigenvalue weighted by molar-refractivity contribution is 0.858. The molecule has 5 rings (SSSR count). The molecule has 0 bridgehead atoms. The lowest BCUT2D eigenvalue weighted by atomic mass is 10.1. The predicted octanol–water partition coefficient (Wildman–Crippen LogP) is 4.49. The highest BCUT2D eigenvalue weighted by atomic mass is 15.2. The van der Waals surface area contributed by atoms with Gasteiger partial charge < -0.3 is 5.32 Å². The van der Waals surface area contributed by atoms with Crippen molar-refractivity contribution in [1.29, 1.82) is 5.26 Å². The molecule has 0 aliphatic heterocycles. The van der Waals surface area contributed by atoms with Crippen LogP contribution < -0.4 is 5.32 Å². The van der Waals surface area contributed by atoms with Gasteiger partial charge in [-0.25, -0.2) is 9.97 Å². The first-order valence-corrected chi connectivity index (χ1v) is 9.49. The summed E-state index contributed by atoms with van der Waals surface area (Å²) in [6.07, 6.45) is 3.90. The summed E-state index contributed by atoms with van der Waals surface area (Å²) in [4.78, 5) is 9.61.